The van der Waals surface area contributed by atoms with Crippen molar-refractivity contribution in [1.29, 1.82) is 0 Å². The number of aryl methyl sites for hydroxylation is 1. The molecule has 4 nitrogen and oxygen atoms in total. The van der Waals surface area contributed by atoms with Gasteiger partial charge in [-0.1, -0.05) is 6.07 Å². The number of pyridine rings is 1. The molecule has 1 aromatic heterocycles. The SMILES string of the molecule is Cc1cccnc1NCC(C)(C)S(C)(=O)=O. The van der Waals surface area contributed by atoms with Crippen molar-refractivity contribution in [2.45, 2.75) is 25.5 Å². The monoisotopic (exact) mass is 242 g/mol. The van der Waals surface area contributed by atoms with Gasteiger partial charge in [0.25, 0.3) is 0 Å². The molecule has 0 spiro atoms. The number of hydrogen-bond acceptors (Lipinski definition) is 4. The van der Waals surface area contributed by atoms with Crippen molar-refractivity contribution in [3.63, 3.8) is 0 Å². The van der Waals surface area contributed by atoms with Crippen molar-refractivity contribution < 1.29 is 8.42 Å². The first-order valence-corrected chi connectivity index (χ1v) is 6.98. The van der Waals surface area contributed by atoms with Gasteiger partial charge in [0, 0.05) is 19.0 Å². The van der Waals surface area contributed by atoms with Crippen LogP contribution in [-0.2, 0) is 9.84 Å². The number of nitrogens with one attached hydrogen (secondary N) is 1. The third kappa shape index (κ3) is 2.95. The van der Waals surface area contributed by atoms with Gasteiger partial charge in [0.1, 0.15) is 5.82 Å². The topological polar surface area (TPSA) is 59.1 Å². The first-order valence-electron chi connectivity index (χ1n) is 5.09. The van der Waals surface area contributed by atoms with E-state index in [0.29, 0.717) is 6.54 Å². The lowest BCUT2D eigenvalue weighted by molar-refractivity contribution is 0.559. The quantitative estimate of drug-likeness (QED) is 0.871. The number of rotatable bonds is 4. The summed E-state index contributed by atoms with van der Waals surface area (Å²) in [5.41, 5.74) is 1.01. The van der Waals surface area contributed by atoms with Crippen LogP contribution in [-0.4, -0.2) is 30.9 Å². The van der Waals surface area contributed by atoms with E-state index in [9.17, 15) is 8.42 Å². The van der Waals surface area contributed by atoms with E-state index in [1.165, 1.54) is 6.26 Å². The number of sulfone groups is 1. The largest absolute Gasteiger partial charge is 0.368 e. The van der Waals surface area contributed by atoms with Crippen LogP contribution in [0.15, 0.2) is 18.3 Å². The molecule has 1 rings (SSSR count). The van der Waals surface area contributed by atoms with Gasteiger partial charge in [-0.3, -0.25) is 0 Å². The van der Waals surface area contributed by atoms with Crippen LogP contribution in [0.3, 0.4) is 0 Å². The Kier molecular flexibility index (Phi) is 3.57. The fraction of sp³-hybridized carbons (Fsp3) is 0.545. The average Bonchev–Trinajstić information content (AvgIpc) is 2.15. The Labute approximate surface area is 97.0 Å². The van der Waals surface area contributed by atoms with E-state index in [0.717, 1.165) is 11.4 Å². The highest BCUT2D eigenvalue weighted by Crippen LogP contribution is 2.17. The first kappa shape index (κ1) is 13.0. The van der Waals surface area contributed by atoms with Gasteiger partial charge >= 0.3 is 0 Å². The molecule has 0 aliphatic carbocycles. The summed E-state index contributed by atoms with van der Waals surface area (Å²) in [5, 5.41) is 3.07. The normalized spacial score (nSPS) is 12.5. The van der Waals surface area contributed by atoms with E-state index in [2.05, 4.69) is 10.3 Å². The van der Waals surface area contributed by atoms with Crippen molar-refractivity contribution in [1.82, 2.24) is 4.98 Å². The summed E-state index contributed by atoms with van der Waals surface area (Å²) in [6, 6.07) is 3.78. The molecule has 0 bridgehead atoms. The summed E-state index contributed by atoms with van der Waals surface area (Å²) in [6.45, 7) is 5.69. The second kappa shape index (κ2) is 4.41. The molecular formula is C11H18N2O2S. The Morgan fingerprint density at radius 1 is 1.44 bits per heavy atom. The van der Waals surface area contributed by atoms with Gasteiger partial charge in [-0.2, -0.15) is 0 Å². The zero-order valence-corrected chi connectivity index (χ0v) is 10.9. The van der Waals surface area contributed by atoms with Crippen LogP contribution in [0.5, 0.6) is 0 Å². The first-order chi connectivity index (χ1) is 7.24. The predicted octanol–water partition coefficient (Wildman–Crippen LogP) is 1.63. The molecule has 1 heterocycles. The van der Waals surface area contributed by atoms with Gasteiger partial charge in [0.05, 0.1) is 4.75 Å². The number of hydrogen-bond donors (Lipinski definition) is 1. The maximum absolute atomic E-state index is 11.5. The van der Waals surface area contributed by atoms with Gasteiger partial charge < -0.3 is 5.32 Å². The van der Waals surface area contributed by atoms with Crippen LogP contribution >= 0.6 is 0 Å². The van der Waals surface area contributed by atoms with E-state index < -0.39 is 14.6 Å². The summed E-state index contributed by atoms with van der Waals surface area (Å²) in [7, 11) is -3.08. The highest BCUT2D eigenvalue weighted by molar-refractivity contribution is 7.92. The lowest BCUT2D eigenvalue weighted by Gasteiger charge is -2.23. The van der Waals surface area contributed by atoms with Crippen LogP contribution < -0.4 is 5.32 Å². The summed E-state index contributed by atoms with van der Waals surface area (Å²) in [5.74, 6) is 0.735. The highest BCUT2D eigenvalue weighted by atomic mass is 32.2. The molecule has 16 heavy (non-hydrogen) atoms. The molecule has 0 radical (unpaired) electrons. The zero-order chi connectivity index (χ0) is 12.4. The number of anilines is 1. The maximum Gasteiger partial charge on any atom is 0.154 e. The lowest BCUT2D eigenvalue weighted by atomic mass is 10.2. The van der Waals surface area contributed by atoms with E-state index in [-0.39, 0.29) is 0 Å². The summed E-state index contributed by atoms with van der Waals surface area (Å²) < 4.78 is 22.2. The van der Waals surface area contributed by atoms with Crippen LogP contribution in [0, 0.1) is 6.92 Å². The van der Waals surface area contributed by atoms with Crippen molar-refractivity contribution in [2.75, 3.05) is 18.1 Å². The lowest BCUT2D eigenvalue weighted by Crippen LogP contribution is -2.38. The van der Waals surface area contributed by atoms with Gasteiger partial charge in [0.15, 0.2) is 9.84 Å². The number of nitrogens with zero attached hydrogens (tertiary/aromatic N) is 1. The Morgan fingerprint density at radius 3 is 2.56 bits per heavy atom. The fourth-order valence-corrected chi connectivity index (χ4v) is 1.43. The standard InChI is InChI=1S/C11H18N2O2S/c1-9-6-5-7-12-10(9)13-8-11(2,3)16(4,14)15/h5-7H,8H2,1-4H3,(H,12,13). The second-order valence-electron chi connectivity index (χ2n) is 4.55. The van der Waals surface area contributed by atoms with Gasteiger partial charge in [-0.05, 0) is 32.4 Å². The molecule has 0 unspecified atom stereocenters. The molecule has 0 amide bonds. The highest BCUT2D eigenvalue weighted by Gasteiger charge is 2.29. The third-order valence-corrected chi connectivity index (χ3v) is 4.85. The fourth-order valence-electron chi connectivity index (χ4n) is 1.10. The molecule has 1 N–H and O–H groups in total. The molecule has 0 aliphatic rings. The minimum Gasteiger partial charge on any atom is -0.368 e. The summed E-state index contributed by atoms with van der Waals surface area (Å²) in [4.78, 5) is 4.16. The van der Waals surface area contributed by atoms with E-state index in [4.69, 9.17) is 0 Å². The molecular weight excluding hydrogens is 224 g/mol. The Bertz CT molecular complexity index is 467. The maximum atomic E-state index is 11.5. The summed E-state index contributed by atoms with van der Waals surface area (Å²) in [6.07, 6.45) is 2.93. The van der Waals surface area contributed by atoms with Crippen molar-refractivity contribution >= 4 is 15.7 Å². The van der Waals surface area contributed by atoms with Crippen molar-refractivity contribution in [3.8, 4) is 0 Å². The molecule has 0 atom stereocenters. The van der Waals surface area contributed by atoms with E-state index in [1.54, 1.807) is 20.0 Å². The molecule has 0 saturated heterocycles. The van der Waals surface area contributed by atoms with Crippen molar-refractivity contribution in [3.05, 3.63) is 23.9 Å². The van der Waals surface area contributed by atoms with Crippen LogP contribution in [0.2, 0.25) is 0 Å². The predicted molar refractivity (Wildman–Crippen MR) is 66.4 cm³/mol. The molecule has 0 fully saturated rings. The third-order valence-electron chi connectivity index (χ3n) is 2.69. The summed E-state index contributed by atoms with van der Waals surface area (Å²) >= 11 is 0. The Morgan fingerprint density at radius 2 is 2.06 bits per heavy atom. The smallest absolute Gasteiger partial charge is 0.154 e. The molecule has 0 saturated carbocycles. The van der Waals surface area contributed by atoms with Gasteiger partial charge in [-0.15, -0.1) is 0 Å². The minimum atomic E-state index is -3.08. The molecule has 90 valence electrons. The van der Waals surface area contributed by atoms with Crippen molar-refractivity contribution in [2.24, 2.45) is 0 Å². The van der Waals surface area contributed by atoms with Crippen LogP contribution in [0.4, 0.5) is 5.82 Å². The zero-order valence-electron chi connectivity index (χ0n) is 10.1. The van der Waals surface area contributed by atoms with E-state index >= 15 is 0 Å². The van der Waals surface area contributed by atoms with E-state index in [1.807, 2.05) is 19.1 Å². The second-order valence-corrected chi connectivity index (χ2v) is 7.20. The van der Waals surface area contributed by atoms with Gasteiger partial charge in [-0.25, -0.2) is 13.4 Å². The average molecular weight is 242 g/mol. The van der Waals surface area contributed by atoms with Gasteiger partial charge in [0.2, 0.25) is 0 Å². The molecule has 5 heteroatoms. The molecule has 0 aliphatic heterocycles. The van der Waals surface area contributed by atoms with Crippen LogP contribution in [0.25, 0.3) is 0 Å². The number of aromatic nitrogens is 1. The van der Waals surface area contributed by atoms with Crippen LogP contribution in [0.1, 0.15) is 19.4 Å². The molecule has 1 aromatic rings. The minimum absolute atomic E-state index is 0.351. The Balaban J connectivity index is 2.77. The molecule has 0 aromatic carbocycles. The Hall–Kier alpha value is -1.10.